The van der Waals surface area contributed by atoms with Gasteiger partial charge < -0.3 is 0 Å². The molecule has 0 N–H and O–H groups in total. The van der Waals surface area contributed by atoms with Crippen molar-refractivity contribution in [3.8, 4) is 0 Å². The molecule has 114 valence electrons. The summed E-state index contributed by atoms with van der Waals surface area (Å²) in [5.74, 6) is 0. The van der Waals surface area contributed by atoms with Crippen molar-refractivity contribution in [2.24, 2.45) is 0 Å². The topological polar surface area (TPSA) is 25.8 Å². The van der Waals surface area contributed by atoms with Gasteiger partial charge in [-0.15, -0.1) is 0 Å². The molecule has 0 aliphatic heterocycles. The van der Waals surface area contributed by atoms with E-state index in [2.05, 4.69) is 62.4 Å². The highest BCUT2D eigenvalue weighted by molar-refractivity contribution is 6.22. The molecule has 2 heteroatoms. The Morgan fingerprint density at radius 3 is 1.83 bits per heavy atom. The Morgan fingerprint density at radius 2 is 1.26 bits per heavy atom. The normalized spacial score (nSPS) is 11.6. The van der Waals surface area contributed by atoms with E-state index in [1.54, 1.807) is 0 Å². The monoisotopic (exact) mass is 300 g/mol. The fraction of sp³-hybridized carbons (Fsp3) is 0.238. The first-order valence-electron chi connectivity index (χ1n) is 8.36. The van der Waals surface area contributed by atoms with E-state index in [1.807, 2.05) is 0 Å². The number of hydrogen-bond acceptors (Lipinski definition) is 2. The number of rotatable bonds is 3. The second kappa shape index (κ2) is 5.62. The molecule has 0 bridgehead atoms. The van der Waals surface area contributed by atoms with Crippen LogP contribution >= 0.6 is 0 Å². The maximum atomic E-state index is 5.03. The van der Waals surface area contributed by atoms with Gasteiger partial charge in [0.2, 0.25) is 0 Å². The van der Waals surface area contributed by atoms with Crippen LogP contribution in [0.4, 0.5) is 0 Å². The van der Waals surface area contributed by atoms with Gasteiger partial charge in [-0.1, -0.05) is 61.9 Å². The van der Waals surface area contributed by atoms with Gasteiger partial charge in [0, 0.05) is 10.8 Å². The van der Waals surface area contributed by atoms with Gasteiger partial charge in [-0.25, -0.2) is 9.97 Å². The summed E-state index contributed by atoms with van der Waals surface area (Å²) in [6, 6.07) is 17.0. The van der Waals surface area contributed by atoms with Crippen LogP contribution in [0.3, 0.4) is 0 Å². The lowest BCUT2D eigenvalue weighted by molar-refractivity contribution is 0.770. The number of aryl methyl sites for hydroxylation is 2. The van der Waals surface area contributed by atoms with Crippen LogP contribution in [0.25, 0.3) is 32.6 Å². The first kappa shape index (κ1) is 14.1. The molecule has 23 heavy (non-hydrogen) atoms. The minimum atomic E-state index is 1.01. The third-order valence-electron chi connectivity index (χ3n) is 4.59. The summed E-state index contributed by atoms with van der Waals surface area (Å²) in [4.78, 5) is 9.97. The lowest BCUT2D eigenvalue weighted by Crippen LogP contribution is -2.00. The Morgan fingerprint density at radius 1 is 0.739 bits per heavy atom. The minimum absolute atomic E-state index is 1.01. The first-order valence-corrected chi connectivity index (χ1v) is 8.36. The van der Waals surface area contributed by atoms with Gasteiger partial charge in [0.1, 0.15) is 0 Å². The number of hydrogen-bond donors (Lipinski definition) is 0. The molecule has 0 aliphatic carbocycles. The summed E-state index contributed by atoms with van der Waals surface area (Å²) in [6.07, 6.45) is 3.34. The Labute approximate surface area is 136 Å². The van der Waals surface area contributed by atoms with Gasteiger partial charge in [0.25, 0.3) is 0 Å². The molecule has 4 rings (SSSR count). The summed E-state index contributed by atoms with van der Waals surface area (Å²) in [6.45, 7) is 4.30. The van der Waals surface area contributed by atoms with Crippen molar-refractivity contribution < 1.29 is 0 Å². The van der Waals surface area contributed by atoms with Crippen molar-refractivity contribution in [2.45, 2.75) is 33.1 Å². The van der Waals surface area contributed by atoms with Crippen LogP contribution in [0.15, 0.2) is 48.5 Å². The molecule has 2 nitrogen and oxygen atoms in total. The van der Waals surface area contributed by atoms with Crippen LogP contribution in [-0.2, 0) is 6.42 Å². The SMILES string of the molecule is CCCCc1nc2c3ccccc3c3ccccc3c2nc1C. The largest absolute Gasteiger partial charge is 0.249 e. The molecule has 3 aromatic carbocycles. The van der Waals surface area contributed by atoms with E-state index >= 15 is 0 Å². The van der Waals surface area contributed by atoms with E-state index in [0.717, 1.165) is 35.3 Å². The quantitative estimate of drug-likeness (QED) is 0.461. The Balaban J connectivity index is 2.16. The molecule has 0 saturated carbocycles. The third-order valence-corrected chi connectivity index (χ3v) is 4.59. The van der Waals surface area contributed by atoms with Crippen LogP contribution in [0.2, 0.25) is 0 Å². The molecule has 0 amide bonds. The average molecular weight is 300 g/mol. The molecule has 0 fully saturated rings. The van der Waals surface area contributed by atoms with Gasteiger partial charge in [0.15, 0.2) is 0 Å². The lowest BCUT2D eigenvalue weighted by Gasteiger charge is -2.12. The molecule has 0 spiro atoms. The number of nitrogens with zero attached hydrogens (tertiary/aromatic N) is 2. The van der Waals surface area contributed by atoms with Gasteiger partial charge >= 0.3 is 0 Å². The summed E-state index contributed by atoms with van der Waals surface area (Å²) < 4.78 is 0. The minimum Gasteiger partial charge on any atom is -0.249 e. The van der Waals surface area contributed by atoms with Gasteiger partial charge in [-0.05, 0) is 30.5 Å². The highest BCUT2D eigenvalue weighted by atomic mass is 14.8. The molecular formula is C21H20N2. The van der Waals surface area contributed by atoms with Crippen molar-refractivity contribution in [3.63, 3.8) is 0 Å². The van der Waals surface area contributed by atoms with Crippen molar-refractivity contribution in [1.29, 1.82) is 0 Å². The van der Waals surface area contributed by atoms with Gasteiger partial charge in [0.05, 0.1) is 22.4 Å². The van der Waals surface area contributed by atoms with Crippen molar-refractivity contribution in [2.75, 3.05) is 0 Å². The van der Waals surface area contributed by atoms with Crippen LogP contribution in [0, 0.1) is 6.92 Å². The predicted octanol–water partition coefficient (Wildman–Crippen LogP) is 5.59. The van der Waals surface area contributed by atoms with Gasteiger partial charge in [-0.3, -0.25) is 0 Å². The van der Waals surface area contributed by atoms with Crippen LogP contribution in [-0.4, -0.2) is 9.97 Å². The fourth-order valence-electron chi connectivity index (χ4n) is 3.36. The molecule has 0 radical (unpaired) electrons. The summed E-state index contributed by atoms with van der Waals surface area (Å²) in [5.41, 5.74) is 4.26. The highest BCUT2D eigenvalue weighted by Crippen LogP contribution is 2.33. The van der Waals surface area contributed by atoms with E-state index in [4.69, 9.17) is 9.97 Å². The molecular weight excluding hydrogens is 280 g/mol. The zero-order chi connectivity index (χ0) is 15.8. The van der Waals surface area contributed by atoms with E-state index in [0.29, 0.717) is 0 Å². The second-order valence-corrected chi connectivity index (χ2v) is 6.15. The molecule has 0 unspecified atom stereocenters. The molecule has 4 aromatic rings. The van der Waals surface area contributed by atoms with Crippen molar-refractivity contribution in [3.05, 3.63) is 59.9 Å². The van der Waals surface area contributed by atoms with Crippen molar-refractivity contribution in [1.82, 2.24) is 9.97 Å². The zero-order valence-electron chi connectivity index (χ0n) is 13.6. The Bertz CT molecular complexity index is 1020. The van der Waals surface area contributed by atoms with E-state index in [-0.39, 0.29) is 0 Å². The number of benzene rings is 3. The first-order chi connectivity index (χ1) is 11.3. The number of unbranched alkanes of at least 4 members (excludes halogenated alkanes) is 1. The van der Waals surface area contributed by atoms with E-state index in [9.17, 15) is 0 Å². The highest BCUT2D eigenvalue weighted by Gasteiger charge is 2.12. The van der Waals surface area contributed by atoms with Crippen molar-refractivity contribution >= 4 is 32.6 Å². The summed E-state index contributed by atoms with van der Waals surface area (Å²) in [7, 11) is 0. The Kier molecular flexibility index (Phi) is 3.45. The van der Waals surface area contributed by atoms with E-state index in [1.165, 1.54) is 28.0 Å². The Hall–Kier alpha value is -2.48. The second-order valence-electron chi connectivity index (χ2n) is 6.15. The van der Waals surface area contributed by atoms with Crippen LogP contribution in [0.5, 0.6) is 0 Å². The smallest absolute Gasteiger partial charge is 0.0975 e. The molecule has 1 aromatic heterocycles. The summed E-state index contributed by atoms with van der Waals surface area (Å²) >= 11 is 0. The standard InChI is InChI=1S/C21H20N2/c1-3-4-13-19-14(2)22-20-17-11-7-5-9-15(17)16-10-6-8-12-18(16)21(20)23-19/h5-12H,3-4,13H2,1-2H3. The summed E-state index contributed by atoms with van der Waals surface area (Å²) in [5, 5.41) is 4.91. The maximum absolute atomic E-state index is 5.03. The number of aromatic nitrogens is 2. The predicted molar refractivity (Wildman–Crippen MR) is 97.9 cm³/mol. The average Bonchev–Trinajstić information content (AvgIpc) is 2.60. The third kappa shape index (κ3) is 2.26. The molecule has 0 aliphatic rings. The maximum Gasteiger partial charge on any atom is 0.0975 e. The van der Waals surface area contributed by atoms with Crippen LogP contribution in [0.1, 0.15) is 31.2 Å². The molecule has 0 atom stereocenters. The lowest BCUT2D eigenvalue weighted by atomic mass is 9.99. The van der Waals surface area contributed by atoms with Gasteiger partial charge in [-0.2, -0.15) is 0 Å². The zero-order valence-corrected chi connectivity index (χ0v) is 13.6. The van der Waals surface area contributed by atoms with E-state index < -0.39 is 0 Å². The molecule has 1 heterocycles. The number of fused-ring (bicyclic) bond motifs is 6. The van der Waals surface area contributed by atoms with Crippen LogP contribution < -0.4 is 0 Å². The molecule has 0 saturated heterocycles. The fourth-order valence-corrected chi connectivity index (χ4v) is 3.36.